The lowest BCUT2D eigenvalue weighted by Crippen LogP contribution is -2.31. The molecule has 1 saturated heterocycles. The first-order valence-corrected chi connectivity index (χ1v) is 10.2. The average Bonchev–Trinajstić information content (AvgIpc) is 3.10. The molecule has 1 aliphatic heterocycles. The minimum absolute atomic E-state index is 0.0825. The van der Waals surface area contributed by atoms with Crippen LogP contribution in [0.25, 0.3) is 0 Å². The van der Waals surface area contributed by atoms with Gasteiger partial charge in [-0.25, -0.2) is 4.98 Å². The van der Waals surface area contributed by atoms with Crippen LogP contribution in [0.3, 0.4) is 0 Å². The summed E-state index contributed by atoms with van der Waals surface area (Å²) in [5, 5.41) is 2.90. The third-order valence-corrected chi connectivity index (χ3v) is 4.69. The maximum atomic E-state index is 12.4. The van der Waals surface area contributed by atoms with Gasteiger partial charge in [0.1, 0.15) is 6.61 Å². The molecule has 1 aromatic carbocycles. The highest BCUT2D eigenvalue weighted by Gasteiger charge is 2.30. The summed E-state index contributed by atoms with van der Waals surface area (Å²) in [6, 6.07) is 12.9. The molecule has 1 aromatic heterocycles. The van der Waals surface area contributed by atoms with Crippen LogP contribution < -0.4 is 15.0 Å². The van der Waals surface area contributed by atoms with Gasteiger partial charge in [0.25, 0.3) is 5.91 Å². The number of amides is 2. The van der Waals surface area contributed by atoms with E-state index in [1.807, 2.05) is 51.1 Å². The van der Waals surface area contributed by atoms with Crippen molar-refractivity contribution in [2.24, 2.45) is 5.92 Å². The average molecular weight is 412 g/mol. The third-order valence-electron chi connectivity index (χ3n) is 4.69. The first kappa shape index (κ1) is 21.8. The molecule has 1 N–H and O–H groups in total. The molecule has 2 amide bonds. The largest absolute Gasteiger partial charge is 0.475 e. The number of anilines is 1. The Hall–Kier alpha value is -2.93. The van der Waals surface area contributed by atoms with E-state index in [1.165, 1.54) is 6.20 Å². The number of nitrogens with zero attached hydrogens (tertiary/aromatic N) is 2. The van der Waals surface area contributed by atoms with Gasteiger partial charge in [0.2, 0.25) is 11.8 Å². The number of benzene rings is 1. The number of carbonyl (C=O) groups excluding carboxylic acids is 2. The zero-order valence-electron chi connectivity index (χ0n) is 17.8. The Balaban J connectivity index is 1.43. The van der Waals surface area contributed by atoms with Crippen LogP contribution in [-0.2, 0) is 9.53 Å². The molecule has 0 aliphatic carbocycles. The topological polar surface area (TPSA) is 80.8 Å². The van der Waals surface area contributed by atoms with E-state index in [-0.39, 0.29) is 23.3 Å². The van der Waals surface area contributed by atoms with Crippen molar-refractivity contribution < 1.29 is 19.1 Å². The highest BCUT2D eigenvalue weighted by molar-refractivity contribution is 5.96. The van der Waals surface area contributed by atoms with E-state index in [4.69, 9.17) is 9.47 Å². The zero-order valence-corrected chi connectivity index (χ0v) is 17.8. The van der Waals surface area contributed by atoms with Crippen molar-refractivity contribution >= 4 is 17.5 Å². The van der Waals surface area contributed by atoms with Gasteiger partial charge in [-0.2, -0.15) is 0 Å². The predicted molar refractivity (Wildman–Crippen MR) is 115 cm³/mol. The molecule has 1 atom stereocenters. The maximum Gasteiger partial charge on any atom is 0.252 e. The molecule has 7 nitrogen and oxygen atoms in total. The van der Waals surface area contributed by atoms with Gasteiger partial charge in [0, 0.05) is 43.4 Å². The summed E-state index contributed by atoms with van der Waals surface area (Å²) in [5.74, 6) is 0.402. The molecule has 2 aromatic rings. The number of pyridine rings is 1. The molecule has 0 spiro atoms. The van der Waals surface area contributed by atoms with Gasteiger partial charge >= 0.3 is 0 Å². The van der Waals surface area contributed by atoms with Crippen molar-refractivity contribution in [2.75, 3.05) is 31.2 Å². The SMILES string of the molecule is CC(C)(C)OCCOc1ccc(C(=O)NCC2CC(=O)N(c3ccccc3)C2)cn1. The molecular formula is C23H29N3O4. The third kappa shape index (κ3) is 6.29. The van der Waals surface area contributed by atoms with Gasteiger partial charge in [-0.05, 0) is 39.0 Å². The van der Waals surface area contributed by atoms with E-state index >= 15 is 0 Å². The Morgan fingerprint density at radius 1 is 1.17 bits per heavy atom. The normalized spacial score (nSPS) is 16.6. The fourth-order valence-electron chi connectivity index (χ4n) is 3.21. The predicted octanol–water partition coefficient (Wildman–Crippen LogP) is 3.06. The fraction of sp³-hybridized carbons (Fsp3) is 0.435. The Morgan fingerprint density at radius 2 is 1.93 bits per heavy atom. The van der Waals surface area contributed by atoms with Gasteiger partial charge in [0.05, 0.1) is 17.8 Å². The van der Waals surface area contributed by atoms with E-state index in [9.17, 15) is 9.59 Å². The second-order valence-corrected chi connectivity index (χ2v) is 8.31. The van der Waals surface area contributed by atoms with Gasteiger partial charge in [0.15, 0.2) is 0 Å². The monoisotopic (exact) mass is 411 g/mol. The van der Waals surface area contributed by atoms with Crippen molar-refractivity contribution in [3.05, 3.63) is 54.2 Å². The standard InChI is InChI=1S/C23H29N3O4/c1-23(2,3)30-12-11-29-20-10-9-18(15-24-20)22(28)25-14-17-13-21(27)26(16-17)19-7-5-4-6-8-19/h4-10,15,17H,11-14,16H2,1-3H3,(H,25,28). The molecule has 2 heterocycles. The molecule has 0 saturated carbocycles. The first-order chi connectivity index (χ1) is 14.3. The molecule has 1 unspecified atom stereocenters. The Kier molecular flexibility index (Phi) is 7.05. The number of aromatic nitrogens is 1. The summed E-state index contributed by atoms with van der Waals surface area (Å²) < 4.78 is 11.1. The molecule has 3 rings (SSSR count). The van der Waals surface area contributed by atoms with Gasteiger partial charge in [-0.15, -0.1) is 0 Å². The molecule has 160 valence electrons. The van der Waals surface area contributed by atoms with Gasteiger partial charge in [-0.3, -0.25) is 9.59 Å². The number of para-hydroxylation sites is 1. The maximum absolute atomic E-state index is 12.4. The molecule has 7 heteroatoms. The van der Waals surface area contributed by atoms with E-state index in [1.54, 1.807) is 17.0 Å². The van der Waals surface area contributed by atoms with E-state index in [0.717, 1.165) is 5.69 Å². The smallest absolute Gasteiger partial charge is 0.252 e. The number of rotatable bonds is 8. The zero-order chi connectivity index (χ0) is 21.6. The minimum atomic E-state index is -0.212. The number of ether oxygens (including phenoxy) is 2. The Bertz CT molecular complexity index is 847. The second-order valence-electron chi connectivity index (χ2n) is 8.31. The number of nitrogens with one attached hydrogen (secondary N) is 1. The van der Waals surface area contributed by atoms with Crippen molar-refractivity contribution in [3.63, 3.8) is 0 Å². The molecule has 1 aliphatic rings. The minimum Gasteiger partial charge on any atom is -0.475 e. The van der Waals surface area contributed by atoms with Crippen molar-refractivity contribution in [1.82, 2.24) is 10.3 Å². The Morgan fingerprint density at radius 3 is 2.60 bits per heavy atom. The summed E-state index contributed by atoms with van der Waals surface area (Å²) in [6.07, 6.45) is 1.92. The van der Waals surface area contributed by atoms with Crippen LogP contribution in [0.1, 0.15) is 37.6 Å². The molecule has 0 radical (unpaired) electrons. The van der Waals surface area contributed by atoms with E-state index in [2.05, 4.69) is 10.3 Å². The summed E-state index contributed by atoms with van der Waals surface area (Å²) in [5.41, 5.74) is 1.14. The van der Waals surface area contributed by atoms with Crippen molar-refractivity contribution in [3.8, 4) is 5.88 Å². The molecule has 30 heavy (non-hydrogen) atoms. The van der Waals surface area contributed by atoms with Crippen LogP contribution in [0.5, 0.6) is 5.88 Å². The lowest BCUT2D eigenvalue weighted by Gasteiger charge is -2.19. The van der Waals surface area contributed by atoms with Crippen molar-refractivity contribution in [2.45, 2.75) is 32.8 Å². The highest BCUT2D eigenvalue weighted by Crippen LogP contribution is 2.24. The van der Waals surface area contributed by atoms with Crippen LogP contribution in [0.2, 0.25) is 0 Å². The summed E-state index contributed by atoms with van der Waals surface area (Å²) in [4.78, 5) is 30.6. The lowest BCUT2D eigenvalue weighted by atomic mass is 10.1. The van der Waals surface area contributed by atoms with E-state index in [0.29, 0.717) is 44.2 Å². The number of carbonyl (C=O) groups is 2. The van der Waals surface area contributed by atoms with Gasteiger partial charge < -0.3 is 19.7 Å². The fourth-order valence-corrected chi connectivity index (χ4v) is 3.21. The van der Waals surface area contributed by atoms with Crippen LogP contribution in [0, 0.1) is 5.92 Å². The quantitative estimate of drug-likeness (QED) is 0.676. The molecule has 1 fully saturated rings. The first-order valence-electron chi connectivity index (χ1n) is 10.2. The van der Waals surface area contributed by atoms with Crippen molar-refractivity contribution in [1.29, 1.82) is 0 Å². The lowest BCUT2D eigenvalue weighted by molar-refractivity contribution is -0.117. The van der Waals surface area contributed by atoms with Crippen LogP contribution >= 0.6 is 0 Å². The van der Waals surface area contributed by atoms with Crippen LogP contribution in [-0.4, -0.2) is 48.7 Å². The van der Waals surface area contributed by atoms with Crippen LogP contribution in [0.15, 0.2) is 48.7 Å². The number of hydrogen-bond acceptors (Lipinski definition) is 5. The Labute approximate surface area is 177 Å². The number of hydrogen-bond donors (Lipinski definition) is 1. The summed E-state index contributed by atoms with van der Waals surface area (Å²) >= 11 is 0. The summed E-state index contributed by atoms with van der Waals surface area (Å²) in [6.45, 7) is 7.86. The van der Waals surface area contributed by atoms with Crippen LogP contribution in [0.4, 0.5) is 5.69 Å². The van der Waals surface area contributed by atoms with E-state index < -0.39 is 0 Å². The van der Waals surface area contributed by atoms with Gasteiger partial charge in [-0.1, -0.05) is 18.2 Å². The highest BCUT2D eigenvalue weighted by atomic mass is 16.5. The molecule has 0 bridgehead atoms. The molecular weight excluding hydrogens is 382 g/mol. The summed E-state index contributed by atoms with van der Waals surface area (Å²) in [7, 11) is 0. The second kappa shape index (κ2) is 9.71.